The number of imide groups is 1. The van der Waals surface area contributed by atoms with E-state index in [-0.39, 0.29) is 16.7 Å². The Hall–Kier alpha value is -3.65. The summed E-state index contributed by atoms with van der Waals surface area (Å²) in [6.45, 7) is 2.10. The summed E-state index contributed by atoms with van der Waals surface area (Å²) in [5.41, 5.74) is 3.94. The minimum atomic E-state index is -3.85. The summed E-state index contributed by atoms with van der Waals surface area (Å²) < 4.78 is 28.5. The Morgan fingerprint density at radius 3 is 2.36 bits per heavy atom. The number of anilines is 2. The zero-order valence-corrected chi connectivity index (χ0v) is 18.9. The van der Waals surface area contributed by atoms with Gasteiger partial charge in [-0.1, -0.05) is 31.2 Å². The fourth-order valence-corrected chi connectivity index (χ4v) is 5.43. The summed E-state index contributed by atoms with van der Waals surface area (Å²) >= 11 is 0. The third-order valence-corrected chi connectivity index (χ3v) is 7.44. The van der Waals surface area contributed by atoms with E-state index in [1.165, 1.54) is 29.8 Å². The Kier molecular flexibility index (Phi) is 5.17. The van der Waals surface area contributed by atoms with Crippen LogP contribution in [0.1, 0.15) is 31.7 Å². The van der Waals surface area contributed by atoms with Crippen LogP contribution in [0, 0.1) is 0 Å². The molecular weight excluding hydrogens is 438 g/mol. The maximum Gasteiger partial charge on any atom is 0.261 e. The topological polar surface area (TPSA) is 99.3 Å². The number of sulfonamides is 1. The van der Waals surface area contributed by atoms with E-state index in [2.05, 4.69) is 28.8 Å². The van der Waals surface area contributed by atoms with Crippen molar-refractivity contribution in [1.29, 1.82) is 0 Å². The van der Waals surface area contributed by atoms with Gasteiger partial charge in [0.2, 0.25) is 11.8 Å². The molecule has 0 unspecified atom stereocenters. The molecule has 4 aromatic rings. The van der Waals surface area contributed by atoms with Crippen LogP contribution in [0.4, 0.5) is 11.4 Å². The van der Waals surface area contributed by atoms with E-state index in [1.807, 2.05) is 12.1 Å². The molecule has 0 saturated carbocycles. The predicted molar refractivity (Wildman–Crippen MR) is 129 cm³/mol. The van der Waals surface area contributed by atoms with Gasteiger partial charge >= 0.3 is 0 Å². The van der Waals surface area contributed by atoms with E-state index in [9.17, 15) is 18.0 Å². The van der Waals surface area contributed by atoms with Gasteiger partial charge in [-0.15, -0.1) is 0 Å². The molecule has 168 valence electrons. The first-order valence-electron chi connectivity index (χ1n) is 10.9. The number of hydrogen-bond donors (Lipinski definition) is 2. The molecule has 0 bridgehead atoms. The number of aryl methyl sites for hydroxylation is 1. The van der Waals surface area contributed by atoms with E-state index in [0.717, 1.165) is 33.1 Å². The number of benzene rings is 3. The van der Waals surface area contributed by atoms with Gasteiger partial charge in [-0.25, -0.2) is 8.42 Å². The summed E-state index contributed by atoms with van der Waals surface area (Å²) in [5.74, 6) is -0.532. The standard InChI is InChI=1S/C25H23N3O4S/c1-2-16-5-3-6-21-20-14-9-17(15-22(20)26-25(16)21)27-33(31,32)19-12-10-18(11-13-19)28-23(29)7-4-8-24(28)30/h3,5-6,9-15,26-27H,2,4,7-8H2,1H3. The van der Waals surface area contributed by atoms with Gasteiger partial charge in [-0.2, -0.15) is 0 Å². The Morgan fingerprint density at radius 2 is 1.67 bits per heavy atom. The normalized spacial score (nSPS) is 14.9. The Morgan fingerprint density at radius 1 is 0.939 bits per heavy atom. The Labute approximate surface area is 191 Å². The third kappa shape index (κ3) is 3.76. The SMILES string of the molecule is CCc1cccc2c1[nH]c1cc(NS(=O)(=O)c3ccc(N4C(=O)CCCC4=O)cc3)ccc12. The Bertz CT molecular complexity index is 1490. The van der Waals surface area contributed by atoms with Crippen LogP contribution in [0.3, 0.4) is 0 Å². The molecule has 0 spiro atoms. The molecule has 8 heteroatoms. The predicted octanol–water partition coefficient (Wildman–Crippen LogP) is 4.73. The van der Waals surface area contributed by atoms with E-state index >= 15 is 0 Å². The molecule has 2 heterocycles. The summed E-state index contributed by atoms with van der Waals surface area (Å²) in [7, 11) is -3.85. The van der Waals surface area contributed by atoms with Crippen molar-refractivity contribution in [3.05, 3.63) is 66.2 Å². The number of nitrogens with one attached hydrogen (secondary N) is 2. The highest BCUT2D eigenvalue weighted by atomic mass is 32.2. The van der Waals surface area contributed by atoms with Crippen LogP contribution in [0.25, 0.3) is 21.8 Å². The number of fused-ring (bicyclic) bond motifs is 3. The van der Waals surface area contributed by atoms with Gasteiger partial charge in [0.1, 0.15) is 0 Å². The van der Waals surface area contributed by atoms with Crippen molar-refractivity contribution in [1.82, 2.24) is 4.98 Å². The van der Waals surface area contributed by atoms with Crippen molar-refractivity contribution in [2.24, 2.45) is 0 Å². The summed E-state index contributed by atoms with van der Waals surface area (Å²) in [6, 6.07) is 17.4. The molecule has 0 radical (unpaired) electrons. The zero-order chi connectivity index (χ0) is 23.2. The molecule has 0 aliphatic carbocycles. The van der Waals surface area contributed by atoms with Gasteiger partial charge in [0.05, 0.1) is 16.3 Å². The number of aromatic amines is 1. The van der Waals surface area contributed by atoms with Crippen molar-refractivity contribution >= 4 is 55.0 Å². The highest BCUT2D eigenvalue weighted by molar-refractivity contribution is 7.92. The molecule has 1 fully saturated rings. The smallest absolute Gasteiger partial charge is 0.261 e. The average molecular weight is 462 g/mol. The second kappa shape index (κ2) is 8.04. The number of aromatic nitrogens is 1. The van der Waals surface area contributed by atoms with Crippen LogP contribution < -0.4 is 9.62 Å². The first-order valence-corrected chi connectivity index (χ1v) is 12.4. The molecule has 5 rings (SSSR count). The number of para-hydroxylation sites is 1. The van der Waals surface area contributed by atoms with Crippen molar-refractivity contribution in [3.63, 3.8) is 0 Å². The second-order valence-electron chi connectivity index (χ2n) is 8.15. The van der Waals surface area contributed by atoms with Gasteiger partial charge in [0, 0.05) is 34.6 Å². The van der Waals surface area contributed by atoms with Gasteiger partial charge in [0.25, 0.3) is 10.0 Å². The van der Waals surface area contributed by atoms with E-state index in [0.29, 0.717) is 30.6 Å². The lowest BCUT2D eigenvalue weighted by molar-refractivity contribution is -0.129. The van der Waals surface area contributed by atoms with Crippen LogP contribution in [0.5, 0.6) is 0 Å². The largest absolute Gasteiger partial charge is 0.354 e. The molecule has 0 atom stereocenters. The quantitative estimate of drug-likeness (QED) is 0.420. The number of hydrogen-bond acceptors (Lipinski definition) is 4. The van der Waals surface area contributed by atoms with Crippen molar-refractivity contribution in [2.45, 2.75) is 37.5 Å². The van der Waals surface area contributed by atoms with Crippen LogP contribution in [0.15, 0.2) is 65.6 Å². The number of carbonyl (C=O) groups excluding carboxylic acids is 2. The number of carbonyl (C=O) groups is 2. The van der Waals surface area contributed by atoms with Crippen LogP contribution in [-0.2, 0) is 26.0 Å². The molecule has 33 heavy (non-hydrogen) atoms. The molecule has 2 N–H and O–H groups in total. The van der Waals surface area contributed by atoms with Crippen molar-refractivity contribution < 1.29 is 18.0 Å². The summed E-state index contributed by atoms with van der Waals surface area (Å²) in [6.07, 6.45) is 2.06. The highest BCUT2D eigenvalue weighted by Crippen LogP contribution is 2.31. The molecule has 3 aromatic carbocycles. The molecule has 1 saturated heterocycles. The minimum absolute atomic E-state index is 0.0492. The van der Waals surface area contributed by atoms with Crippen LogP contribution >= 0.6 is 0 Å². The molecule has 2 amide bonds. The maximum atomic E-state index is 13.0. The monoisotopic (exact) mass is 461 g/mol. The number of nitrogens with zero attached hydrogens (tertiary/aromatic N) is 1. The van der Waals surface area contributed by atoms with Crippen molar-refractivity contribution in [2.75, 3.05) is 9.62 Å². The summed E-state index contributed by atoms with van der Waals surface area (Å²) in [4.78, 5) is 28.8. The van der Waals surface area contributed by atoms with Crippen LogP contribution in [0.2, 0.25) is 0 Å². The first-order chi connectivity index (χ1) is 15.9. The number of amides is 2. The number of rotatable bonds is 5. The average Bonchev–Trinajstić information content (AvgIpc) is 3.17. The highest BCUT2D eigenvalue weighted by Gasteiger charge is 2.27. The number of H-pyrrole nitrogens is 1. The van der Waals surface area contributed by atoms with Crippen molar-refractivity contribution in [3.8, 4) is 0 Å². The fraction of sp³-hybridized carbons (Fsp3) is 0.200. The minimum Gasteiger partial charge on any atom is -0.354 e. The molecule has 1 aromatic heterocycles. The molecular formula is C25H23N3O4S. The Balaban J connectivity index is 1.43. The lowest BCUT2D eigenvalue weighted by Crippen LogP contribution is -2.40. The summed E-state index contributed by atoms with van der Waals surface area (Å²) in [5, 5.41) is 2.14. The van der Waals surface area contributed by atoms with E-state index in [1.54, 1.807) is 12.1 Å². The lowest BCUT2D eigenvalue weighted by atomic mass is 10.1. The van der Waals surface area contributed by atoms with Gasteiger partial charge < -0.3 is 4.98 Å². The van der Waals surface area contributed by atoms with Gasteiger partial charge in [-0.05, 0) is 54.8 Å². The second-order valence-corrected chi connectivity index (χ2v) is 9.84. The molecule has 1 aliphatic heterocycles. The maximum absolute atomic E-state index is 13.0. The van der Waals surface area contributed by atoms with Crippen LogP contribution in [-0.4, -0.2) is 25.2 Å². The van der Waals surface area contributed by atoms with E-state index < -0.39 is 10.0 Å². The lowest BCUT2D eigenvalue weighted by Gasteiger charge is -2.24. The fourth-order valence-electron chi connectivity index (χ4n) is 4.38. The molecule has 7 nitrogen and oxygen atoms in total. The van der Waals surface area contributed by atoms with Gasteiger partial charge in [-0.3, -0.25) is 19.2 Å². The van der Waals surface area contributed by atoms with Gasteiger partial charge in [0.15, 0.2) is 0 Å². The zero-order valence-electron chi connectivity index (χ0n) is 18.1. The molecule has 1 aliphatic rings. The number of piperidine rings is 1. The van der Waals surface area contributed by atoms with E-state index in [4.69, 9.17) is 0 Å². The third-order valence-electron chi connectivity index (χ3n) is 6.04. The first kappa shape index (κ1) is 21.2.